The van der Waals surface area contributed by atoms with Crippen molar-refractivity contribution in [1.29, 1.82) is 0 Å². The van der Waals surface area contributed by atoms with Crippen molar-refractivity contribution in [1.82, 2.24) is 14.5 Å². The van der Waals surface area contributed by atoms with Crippen molar-refractivity contribution in [2.75, 3.05) is 5.32 Å². The summed E-state index contributed by atoms with van der Waals surface area (Å²) >= 11 is 1.64. The number of anilines is 1. The molecule has 0 radical (unpaired) electrons. The summed E-state index contributed by atoms with van der Waals surface area (Å²) in [6.45, 7) is 2.23. The van der Waals surface area contributed by atoms with E-state index in [9.17, 15) is 9.59 Å². The van der Waals surface area contributed by atoms with Gasteiger partial charge in [-0.2, -0.15) is 0 Å². The lowest BCUT2D eigenvalue weighted by Gasteiger charge is -2.11. The third-order valence-electron chi connectivity index (χ3n) is 5.66. The first-order chi connectivity index (χ1) is 14.6. The second-order valence-corrected chi connectivity index (χ2v) is 8.85. The maximum atomic E-state index is 13.0. The molecule has 0 fully saturated rings. The van der Waals surface area contributed by atoms with Crippen molar-refractivity contribution < 1.29 is 4.79 Å². The first-order valence-corrected chi connectivity index (χ1v) is 11.1. The Labute approximate surface area is 177 Å². The SMILES string of the molecule is Cc1ccc2cccc(NC(=O)CCn3cnc4sc5c(c4c3=O)CCCC5)c2n1. The molecule has 6 nitrogen and oxygen atoms in total. The average Bonchev–Trinajstić information content (AvgIpc) is 3.13. The topological polar surface area (TPSA) is 76.9 Å². The van der Waals surface area contributed by atoms with Gasteiger partial charge in [0.15, 0.2) is 0 Å². The van der Waals surface area contributed by atoms with Crippen LogP contribution in [0.25, 0.3) is 21.1 Å². The number of amides is 1. The monoisotopic (exact) mass is 418 g/mol. The van der Waals surface area contributed by atoms with Crippen LogP contribution in [-0.2, 0) is 24.2 Å². The van der Waals surface area contributed by atoms with Crippen LogP contribution >= 0.6 is 11.3 Å². The van der Waals surface area contributed by atoms with Crippen molar-refractivity contribution in [3.63, 3.8) is 0 Å². The molecule has 152 valence electrons. The van der Waals surface area contributed by atoms with Gasteiger partial charge < -0.3 is 5.32 Å². The van der Waals surface area contributed by atoms with Gasteiger partial charge in [-0.1, -0.05) is 18.2 Å². The van der Waals surface area contributed by atoms with E-state index < -0.39 is 0 Å². The number of hydrogen-bond acceptors (Lipinski definition) is 5. The standard InChI is InChI=1S/C23H22N4O2S/c1-14-9-10-15-5-4-7-17(21(15)25-14)26-19(28)11-12-27-13-24-22-20(23(27)29)16-6-2-3-8-18(16)30-22/h4-5,7,9-10,13H,2-3,6,8,11-12H2,1H3,(H,26,28). The van der Waals surface area contributed by atoms with Gasteiger partial charge in [0.25, 0.3) is 5.56 Å². The zero-order valence-corrected chi connectivity index (χ0v) is 17.6. The molecule has 1 aliphatic carbocycles. The highest BCUT2D eigenvalue weighted by atomic mass is 32.1. The number of rotatable bonds is 4. The molecule has 5 rings (SSSR count). The van der Waals surface area contributed by atoms with Crippen LogP contribution in [0.4, 0.5) is 5.69 Å². The van der Waals surface area contributed by atoms with E-state index in [4.69, 9.17) is 0 Å². The normalized spacial score (nSPS) is 13.5. The quantitative estimate of drug-likeness (QED) is 0.538. The number of fused-ring (bicyclic) bond motifs is 4. The molecule has 0 spiro atoms. The first kappa shape index (κ1) is 18.9. The lowest BCUT2D eigenvalue weighted by molar-refractivity contribution is -0.116. The summed E-state index contributed by atoms with van der Waals surface area (Å²) < 4.78 is 1.56. The van der Waals surface area contributed by atoms with Crippen LogP contribution in [0.5, 0.6) is 0 Å². The number of pyridine rings is 1. The largest absolute Gasteiger partial charge is 0.324 e. The molecular weight excluding hydrogens is 396 g/mol. The molecule has 30 heavy (non-hydrogen) atoms. The number of nitrogens with one attached hydrogen (secondary N) is 1. The number of nitrogens with zero attached hydrogens (tertiary/aromatic N) is 3. The highest BCUT2D eigenvalue weighted by Gasteiger charge is 2.20. The minimum atomic E-state index is -0.148. The van der Waals surface area contributed by atoms with Gasteiger partial charge in [-0.25, -0.2) is 4.98 Å². The predicted octanol–water partition coefficient (Wildman–Crippen LogP) is 4.22. The Hall–Kier alpha value is -3.06. The molecule has 0 saturated heterocycles. The second-order valence-electron chi connectivity index (χ2n) is 7.76. The third kappa shape index (κ3) is 3.39. The van der Waals surface area contributed by atoms with Gasteiger partial charge in [-0.05, 0) is 50.3 Å². The number of carbonyl (C=O) groups excluding carboxylic acids is 1. The van der Waals surface area contributed by atoms with Crippen LogP contribution in [0.2, 0.25) is 0 Å². The van der Waals surface area contributed by atoms with Gasteiger partial charge in [-0.15, -0.1) is 11.3 Å². The predicted molar refractivity (Wildman–Crippen MR) is 120 cm³/mol. The first-order valence-electron chi connectivity index (χ1n) is 10.3. The van der Waals surface area contributed by atoms with Crippen LogP contribution in [0.1, 0.15) is 35.4 Å². The van der Waals surface area contributed by atoms with E-state index in [1.165, 1.54) is 16.9 Å². The Bertz CT molecular complexity index is 1340. The minimum absolute atomic E-state index is 0.0327. The number of para-hydroxylation sites is 1. The maximum Gasteiger partial charge on any atom is 0.262 e. The van der Waals surface area contributed by atoms with E-state index in [0.29, 0.717) is 12.2 Å². The fraction of sp³-hybridized carbons (Fsp3) is 0.304. The Morgan fingerprint density at radius 1 is 1.20 bits per heavy atom. The second kappa shape index (κ2) is 7.65. The Morgan fingerprint density at radius 3 is 2.97 bits per heavy atom. The van der Waals surface area contributed by atoms with Crippen LogP contribution < -0.4 is 10.9 Å². The van der Waals surface area contributed by atoms with Crippen molar-refractivity contribution in [3.05, 3.63) is 63.1 Å². The van der Waals surface area contributed by atoms with E-state index >= 15 is 0 Å². The molecule has 0 atom stereocenters. The summed E-state index contributed by atoms with van der Waals surface area (Å²) in [5.74, 6) is -0.148. The molecule has 0 saturated carbocycles. The molecule has 3 aromatic heterocycles. The zero-order valence-electron chi connectivity index (χ0n) is 16.8. The Balaban J connectivity index is 1.36. The van der Waals surface area contributed by atoms with Crippen molar-refractivity contribution in [3.8, 4) is 0 Å². The summed E-state index contributed by atoms with van der Waals surface area (Å²) in [6, 6.07) is 9.67. The summed E-state index contributed by atoms with van der Waals surface area (Å²) in [5.41, 5.74) is 3.50. The van der Waals surface area contributed by atoms with Gasteiger partial charge in [0.05, 0.1) is 22.9 Å². The molecule has 3 heterocycles. The number of carbonyl (C=O) groups is 1. The molecular formula is C23H22N4O2S. The molecule has 1 aliphatic rings. The van der Waals surface area contributed by atoms with E-state index in [1.807, 2.05) is 37.3 Å². The third-order valence-corrected chi connectivity index (χ3v) is 6.85. The molecule has 1 amide bonds. The zero-order chi connectivity index (χ0) is 20.7. The van der Waals surface area contributed by atoms with Crippen LogP contribution in [-0.4, -0.2) is 20.4 Å². The summed E-state index contributed by atoms with van der Waals surface area (Å²) in [4.78, 5) is 36.8. The fourth-order valence-electron chi connectivity index (χ4n) is 4.12. The molecule has 4 aromatic rings. The summed E-state index contributed by atoms with van der Waals surface area (Å²) in [6.07, 6.45) is 6.05. The Kier molecular flexibility index (Phi) is 4.83. The highest BCUT2D eigenvalue weighted by Crippen LogP contribution is 2.33. The van der Waals surface area contributed by atoms with Gasteiger partial charge in [-0.3, -0.25) is 19.1 Å². The molecule has 7 heteroatoms. The van der Waals surface area contributed by atoms with Crippen molar-refractivity contribution >= 4 is 44.1 Å². The smallest absolute Gasteiger partial charge is 0.262 e. The maximum absolute atomic E-state index is 13.0. The van der Waals surface area contributed by atoms with Gasteiger partial charge >= 0.3 is 0 Å². The number of aromatic nitrogens is 3. The number of thiophene rings is 1. The molecule has 0 unspecified atom stereocenters. The summed E-state index contributed by atoms with van der Waals surface area (Å²) in [7, 11) is 0. The number of hydrogen-bond donors (Lipinski definition) is 1. The van der Waals surface area contributed by atoms with Crippen LogP contribution in [0.15, 0.2) is 41.5 Å². The van der Waals surface area contributed by atoms with E-state index in [2.05, 4.69) is 15.3 Å². The van der Waals surface area contributed by atoms with Crippen LogP contribution in [0.3, 0.4) is 0 Å². The van der Waals surface area contributed by atoms with Crippen molar-refractivity contribution in [2.45, 2.75) is 45.6 Å². The van der Waals surface area contributed by atoms with Crippen molar-refractivity contribution in [2.24, 2.45) is 0 Å². The average molecular weight is 419 g/mol. The fourth-order valence-corrected chi connectivity index (χ4v) is 5.34. The number of aryl methyl sites for hydroxylation is 4. The van der Waals surface area contributed by atoms with Gasteiger partial charge in [0.2, 0.25) is 5.91 Å². The van der Waals surface area contributed by atoms with Gasteiger partial charge in [0, 0.05) is 28.9 Å². The van der Waals surface area contributed by atoms with E-state index in [-0.39, 0.29) is 17.9 Å². The minimum Gasteiger partial charge on any atom is -0.324 e. The van der Waals surface area contributed by atoms with E-state index in [0.717, 1.165) is 46.1 Å². The van der Waals surface area contributed by atoms with Crippen LogP contribution in [0, 0.1) is 6.92 Å². The summed E-state index contributed by atoms with van der Waals surface area (Å²) in [5, 5.41) is 4.68. The Morgan fingerprint density at radius 2 is 2.07 bits per heavy atom. The van der Waals surface area contributed by atoms with Gasteiger partial charge in [0.1, 0.15) is 4.83 Å². The molecule has 1 N–H and O–H groups in total. The molecule has 1 aromatic carbocycles. The molecule has 0 aliphatic heterocycles. The lowest BCUT2D eigenvalue weighted by Crippen LogP contribution is -2.24. The molecule has 0 bridgehead atoms. The highest BCUT2D eigenvalue weighted by molar-refractivity contribution is 7.18. The lowest BCUT2D eigenvalue weighted by atomic mass is 9.97. The number of benzene rings is 1. The van der Waals surface area contributed by atoms with E-state index in [1.54, 1.807) is 22.2 Å².